The zero-order valence-electron chi connectivity index (χ0n) is 16.4. The number of nitrogens with one attached hydrogen (secondary N) is 1. The summed E-state index contributed by atoms with van der Waals surface area (Å²) in [4.78, 5) is 25.3. The summed E-state index contributed by atoms with van der Waals surface area (Å²) in [6, 6.07) is 7.03. The number of amides is 1. The Hall–Kier alpha value is -3.24. The van der Waals surface area contributed by atoms with Gasteiger partial charge in [0.2, 0.25) is 5.91 Å². The number of benzene rings is 1. The zero-order valence-corrected chi connectivity index (χ0v) is 16.4. The number of nitrogens with zero attached hydrogens (tertiary/aromatic N) is 6. The number of carbonyl (C=O) groups is 1. The maximum atomic E-state index is 14.3. The number of rotatable bonds is 5. The van der Waals surface area contributed by atoms with Gasteiger partial charge < -0.3 is 10.2 Å². The van der Waals surface area contributed by atoms with Gasteiger partial charge in [-0.1, -0.05) is 6.07 Å². The van der Waals surface area contributed by atoms with E-state index in [-0.39, 0.29) is 29.7 Å². The standard InChI is InChI=1S/C20H21F2N7O/c1-27-8-10-28(11-9-27)13-18(30)24-16-12-17(29-7-3-6-23-29)26-20(25-16)14-4-2-5-15(21)19(14)22/h2-7,12H,8-11,13H2,1H3,(H,24,25,26,30). The highest BCUT2D eigenvalue weighted by molar-refractivity contribution is 5.91. The van der Waals surface area contributed by atoms with E-state index in [0.717, 1.165) is 32.2 Å². The number of likely N-dealkylation sites (N-methyl/N-ethyl adjacent to an activating group) is 1. The average Bonchev–Trinajstić information content (AvgIpc) is 3.26. The Morgan fingerprint density at radius 3 is 2.67 bits per heavy atom. The molecule has 0 atom stereocenters. The number of aromatic nitrogens is 4. The van der Waals surface area contributed by atoms with Crippen LogP contribution in [0.2, 0.25) is 0 Å². The Morgan fingerprint density at radius 2 is 1.93 bits per heavy atom. The average molecular weight is 413 g/mol. The summed E-state index contributed by atoms with van der Waals surface area (Å²) in [5.74, 6) is -1.83. The summed E-state index contributed by atoms with van der Waals surface area (Å²) in [5.41, 5.74) is -0.0985. The predicted octanol–water partition coefficient (Wildman–Crippen LogP) is 1.79. The van der Waals surface area contributed by atoms with Crippen LogP contribution in [0.25, 0.3) is 17.2 Å². The van der Waals surface area contributed by atoms with Crippen molar-refractivity contribution < 1.29 is 13.6 Å². The first kappa shape index (κ1) is 20.0. The van der Waals surface area contributed by atoms with Gasteiger partial charge in [0.15, 0.2) is 23.3 Å². The molecule has 3 heterocycles. The van der Waals surface area contributed by atoms with Gasteiger partial charge in [0.05, 0.1) is 12.1 Å². The monoisotopic (exact) mass is 413 g/mol. The maximum absolute atomic E-state index is 14.3. The summed E-state index contributed by atoms with van der Waals surface area (Å²) >= 11 is 0. The molecule has 1 saturated heterocycles. The molecule has 2 aromatic heterocycles. The van der Waals surface area contributed by atoms with Crippen molar-refractivity contribution >= 4 is 11.7 Å². The maximum Gasteiger partial charge on any atom is 0.239 e. The summed E-state index contributed by atoms with van der Waals surface area (Å²) in [6.07, 6.45) is 3.22. The van der Waals surface area contributed by atoms with Gasteiger partial charge in [-0.25, -0.2) is 23.4 Å². The number of carbonyl (C=O) groups excluding carboxylic acids is 1. The summed E-state index contributed by atoms with van der Waals surface area (Å²) in [6.45, 7) is 3.61. The lowest BCUT2D eigenvalue weighted by molar-refractivity contribution is -0.117. The van der Waals surface area contributed by atoms with Gasteiger partial charge in [0, 0.05) is 44.6 Å². The molecule has 0 spiro atoms. The number of hydrogen-bond donors (Lipinski definition) is 1. The van der Waals surface area contributed by atoms with Crippen LogP contribution in [-0.4, -0.2) is 75.2 Å². The molecule has 1 amide bonds. The van der Waals surface area contributed by atoms with Gasteiger partial charge in [-0.3, -0.25) is 9.69 Å². The Balaban J connectivity index is 1.61. The van der Waals surface area contributed by atoms with Crippen molar-refractivity contribution in [3.8, 4) is 17.2 Å². The lowest BCUT2D eigenvalue weighted by Gasteiger charge is -2.31. The van der Waals surface area contributed by atoms with E-state index in [1.165, 1.54) is 22.9 Å². The highest BCUT2D eigenvalue weighted by Gasteiger charge is 2.19. The lowest BCUT2D eigenvalue weighted by Crippen LogP contribution is -2.47. The molecule has 1 fully saturated rings. The molecule has 156 valence electrons. The molecule has 8 nitrogen and oxygen atoms in total. The highest BCUT2D eigenvalue weighted by atomic mass is 19.2. The zero-order chi connectivity index (χ0) is 21.1. The van der Waals surface area contributed by atoms with Crippen molar-refractivity contribution in [3.63, 3.8) is 0 Å². The lowest BCUT2D eigenvalue weighted by atomic mass is 10.2. The van der Waals surface area contributed by atoms with Crippen molar-refractivity contribution in [1.29, 1.82) is 0 Å². The minimum Gasteiger partial charge on any atom is -0.309 e. The fourth-order valence-electron chi connectivity index (χ4n) is 3.21. The van der Waals surface area contributed by atoms with Crippen molar-refractivity contribution in [2.24, 2.45) is 0 Å². The first-order valence-corrected chi connectivity index (χ1v) is 9.54. The molecule has 0 bridgehead atoms. The molecular weight excluding hydrogens is 392 g/mol. The van der Waals surface area contributed by atoms with Crippen molar-refractivity contribution in [1.82, 2.24) is 29.5 Å². The van der Waals surface area contributed by atoms with Crippen LogP contribution in [-0.2, 0) is 4.79 Å². The number of halogens is 2. The van der Waals surface area contributed by atoms with Crippen LogP contribution < -0.4 is 5.32 Å². The molecule has 0 radical (unpaired) electrons. The van der Waals surface area contributed by atoms with E-state index >= 15 is 0 Å². The normalized spacial score (nSPS) is 15.3. The van der Waals surface area contributed by atoms with Crippen LogP contribution in [0.1, 0.15) is 0 Å². The Labute approximate surface area is 172 Å². The molecule has 1 aliphatic heterocycles. The molecule has 0 aliphatic carbocycles. The van der Waals surface area contributed by atoms with Crippen molar-refractivity contribution in [2.75, 3.05) is 45.1 Å². The minimum absolute atomic E-state index is 0.0464. The molecule has 1 N–H and O–H groups in total. The van der Waals surface area contributed by atoms with Crippen LogP contribution in [0.15, 0.2) is 42.7 Å². The van der Waals surface area contributed by atoms with Crippen LogP contribution in [0.5, 0.6) is 0 Å². The third-order valence-electron chi connectivity index (χ3n) is 4.87. The van der Waals surface area contributed by atoms with E-state index in [4.69, 9.17) is 0 Å². The van der Waals surface area contributed by atoms with E-state index in [2.05, 4.69) is 30.2 Å². The third-order valence-corrected chi connectivity index (χ3v) is 4.87. The van der Waals surface area contributed by atoms with Gasteiger partial charge in [-0.2, -0.15) is 5.10 Å². The molecule has 1 aromatic carbocycles. The second kappa shape index (κ2) is 8.64. The third kappa shape index (κ3) is 4.50. The first-order valence-electron chi connectivity index (χ1n) is 9.54. The Kier molecular flexibility index (Phi) is 5.77. The summed E-state index contributed by atoms with van der Waals surface area (Å²) < 4.78 is 29.5. The van der Waals surface area contributed by atoms with E-state index in [1.54, 1.807) is 18.5 Å². The summed E-state index contributed by atoms with van der Waals surface area (Å²) in [7, 11) is 2.04. The van der Waals surface area contributed by atoms with Crippen LogP contribution in [0.4, 0.5) is 14.6 Å². The van der Waals surface area contributed by atoms with E-state index in [0.29, 0.717) is 5.82 Å². The number of hydrogen-bond acceptors (Lipinski definition) is 6. The largest absolute Gasteiger partial charge is 0.309 e. The molecule has 0 saturated carbocycles. The minimum atomic E-state index is -1.05. The quantitative estimate of drug-likeness (QED) is 0.687. The molecule has 30 heavy (non-hydrogen) atoms. The van der Waals surface area contributed by atoms with Gasteiger partial charge in [0.1, 0.15) is 5.82 Å². The van der Waals surface area contributed by atoms with Crippen molar-refractivity contribution in [3.05, 3.63) is 54.4 Å². The molecule has 1 aliphatic rings. The predicted molar refractivity (Wildman–Crippen MR) is 107 cm³/mol. The van der Waals surface area contributed by atoms with Crippen LogP contribution in [0, 0.1) is 11.6 Å². The van der Waals surface area contributed by atoms with Gasteiger partial charge in [-0.05, 0) is 25.2 Å². The molecule has 4 rings (SSSR count). The van der Waals surface area contributed by atoms with E-state index in [1.807, 2.05) is 7.05 Å². The molecule has 3 aromatic rings. The fraction of sp³-hybridized carbons (Fsp3) is 0.300. The smallest absolute Gasteiger partial charge is 0.239 e. The Morgan fingerprint density at radius 1 is 1.13 bits per heavy atom. The second-order valence-electron chi connectivity index (χ2n) is 7.11. The van der Waals surface area contributed by atoms with Crippen molar-refractivity contribution in [2.45, 2.75) is 0 Å². The van der Waals surface area contributed by atoms with E-state index in [9.17, 15) is 13.6 Å². The summed E-state index contributed by atoms with van der Waals surface area (Å²) in [5, 5.41) is 6.86. The van der Waals surface area contributed by atoms with Gasteiger partial charge in [-0.15, -0.1) is 0 Å². The Bertz CT molecular complexity index is 1030. The number of piperazine rings is 1. The number of anilines is 1. The van der Waals surface area contributed by atoms with Crippen LogP contribution >= 0.6 is 0 Å². The molecule has 0 unspecified atom stereocenters. The SMILES string of the molecule is CN1CCN(CC(=O)Nc2cc(-n3cccn3)nc(-c3cccc(F)c3F)n2)CC1. The molecular formula is C20H21F2N7O. The van der Waals surface area contributed by atoms with Crippen LogP contribution in [0.3, 0.4) is 0 Å². The van der Waals surface area contributed by atoms with Gasteiger partial charge >= 0.3 is 0 Å². The first-order chi connectivity index (χ1) is 14.5. The fourth-order valence-corrected chi connectivity index (χ4v) is 3.21. The topological polar surface area (TPSA) is 79.2 Å². The van der Waals surface area contributed by atoms with E-state index < -0.39 is 11.6 Å². The second-order valence-corrected chi connectivity index (χ2v) is 7.11. The van der Waals surface area contributed by atoms with Gasteiger partial charge in [0.25, 0.3) is 0 Å². The highest BCUT2D eigenvalue weighted by Crippen LogP contribution is 2.24. The molecule has 10 heteroatoms.